The molecule has 2 aromatic carbocycles. The molecule has 7 heteroatoms. The maximum atomic E-state index is 12.4. The maximum absolute atomic E-state index is 12.4. The van der Waals surface area contributed by atoms with E-state index in [-0.39, 0.29) is 5.75 Å². The molecule has 0 aliphatic carbocycles. The smallest absolute Gasteiger partial charge is 0.211 e. The van der Waals surface area contributed by atoms with Crippen molar-refractivity contribution in [3.8, 4) is 0 Å². The summed E-state index contributed by atoms with van der Waals surface area (Å²) in [6, 6.07) is 13.4. The van der Waals surface area contributed by atoms with Crippen LogP contribution in [0.25, 0.3) is 11.0 Å². The molecule has 1 N–H and O–H groups in total. The van der Waals surface area contributed by atoms with Crippen LogP contribution >= 0.6 is 11.6 Å². The highest BCUT2D eigenvalue weighted by Crippen LogP contribution is 2.36. The second-order valence-electron chi connectivity index (χ2n) is 7.59. The monoisotopic (exact) mass is 432 g/mol. The van der Waals surface area contributed by atoms with Crippen molar-refractivity contribution in [2.75, 3.05) is 25.9 Å². The lowest BCUT2D eigenvalue weighted by Gasteiger charge is -2.13. The molecule has 154 valence electrons. The lowest BCUT2D eigenvalue weighted by Crippen LogP contribution is -2.29. The number of aryl methyl sites for hydroxylation is 1. The van der Waals surface area contributed by atoms with Gasteiger partial charge in [-0.2, -0.15) is 0 Å². The Morgan fingerprint density at radius 1 is 1.10 bits per heavy atom. The minimum absolute atomic E-state index is 0.0759. The van der Waals surface area contributed by atoms with Gasteiger partial charge in [-0.15, -0.1) is 0 Å². The van der Waals surface area contributed by atoms with Crippen molar-refractivity contribution >= 4 is 32.6 Å². The lowest BCUT2D eigenvalue weighted by molar-refractivity contribution is 0.332. The molecule has 0 unspecified atom stereocenters. The molecular formula is C22H25ClN2O3S. The molecule has 0 saturated carbocycles. The Bertz CT molecular complexity index is 1110. The molecule has 0 bridgehead atoms. The quantitative estimate of drug-likeness (QED) is 0.617. The SMILES string of the molecule is CN1CCc2c(Cl)ccc3oc(CCNS(=O)(=O)CCc4ccccc4)c(c23)C1. The largest absolute Gasteiger partial charge is 0.461 e. The molecule has 0 atom stereocenters. The average molecular weight is 433 g/mol. The molecule has 2 heterocycles. The molecule has 0 radical (unpaired) electrons. The first-order valence-electron chi connectivity index (χ1n) is 9.84. The highest BCUT2D eigenvalue weighted by Gasteiger charge is 2.23. The van der Waals surface area contributed by atoms with Gasteiger partial charge >= 0.3 is 0 Å². The Morgan fingerprint density at radius 2 is 1.90 bits per heavy atom. The number of likely N-dealkylation sites (N-methyl/N-ethyl adjacent to an activating group) is 1. The van der Waals surface area contributed by atoms with Crippen LogP contribution in [0.4, 0.5) is 0 Å². The average Bonchev–Trinajstić information content (AvgIpc) is 2.92. The minimum Gasteiger partial charge on any atom is -0.461 e. The zero-order valence-electron chi connectivity index (χ0n) is 16.4. The van der Waals surface area contributed by atoms with Crippen LogP contribution in [0.2, 0.25) is 5.02 Å². The molecule has 1 aliphatic rings. The highest BCUT2D eigenvalue weighted by atomic mass is 35.5. The number of nitrogens with zero attached hydrogens (tertiary/aromatic N) is 1. The molecule has 0 fully saturated rings. The standard InChI is InChI=1S/C22H25ClN2O3S/c1-25-13-10-17-19(23)7-8-21-22(17)18(15-25)20(28-21)9-12-24-29(26,27)14-11-16-5-3-2-4-6-16/h2-8,24H,9-15H2,1H3. The molecular weight excluding hydrogens is 408 g/mol. The Balaban J connectivity index is 1.46. The fourth-order valence-electron chi connectivity index (χ4n) is 3.90. The lowest BCUT2D eigenvalue weighted by atomic mass is 10.0. The first-order valence-corrected chi connectivity index (χ1v) is 11.9. The molecule has 0 amide bonds. The van der Waals surface area contributed by atoms with E-state index in [9.17, 15) is 8.42 Å². The van der Waals surface area contributed by atoms with E-state index >= 15 is 0 Å². The van der Waals surface area contributed by atoms with Crippen LogP contribution in [0.5, 0.6) is 0 Å². The number of halogens is 1. The van der Waals surface area contributed by atoms with Gasteiger partial charge in [0.2, 0.25) is 10.0 Å². The van der Waals surface area contributed by atoms with Crippen molar-refractivity contribution in [3.05, 3.63) is 69.9 Å². The summed E-state index contributed by atoms with van der Waals surface area (Å²) in [5.74, 6) is 0.912. The molecule has 3 aromatic rings. The van der Waals surface area contributed by atoms with Crippen molar-refractivity contribution < 1.29 is 12.8 Å². The number of furan rings is 1. The second-order valence-corrected chi connectivity index (χ2v) is 9.92. The van der Waals surface area contributed by atoms with Gasteiger partial charge in [-0.05, 0) is 43.1 Å². The van der Waals surface area contributed by atoms with Gasteiger partial charge in [0.1, 0.15) is 11.3 Å². The fraction of sp³-hybridized carbons (Fsp3) is 0.364. The first-order chi connectivity index (χ1) is 13.9. The highest BCUT2D eigenvalue weighted by molar-refractivity contribution is 7.89. The molecule has 4 rings (SSSR count). The first kappa shape index (κ1) is 20.4. The zero-order chi connectivity index (χ0) is 20.4. The Labute approximate surface area is 176 Å². The number of rotatable bonds is 7. The van der Waals surface area contributed by atoms with E-state index in [2.05, 4.69) is 16.7 Å². The topological polar surface area (TPSA) is 62.6 Å². The summed E-state index contributed by atoms with van der Waals surface area (Å²) >= 11 is 6.44. The van der Waals surface area contributed by atoms with E-state index in [4.69, 9.17) is 16.0 Å². The van der Waals surface area contributed by atoms with Gasteiger partial charge in [0.25, 0.3) is 0 Å². The predicted molar refractivity (Wildman–Crippen MR) is 117 cm³/mol. The number of hydrogen-bond donors (Lipinski definition) is 1. The van der Waals surface area contributed by atoms with Crippen LogP contribution < -0.4 is 4.72 Å². The molecule has 5 nitrogen and oxygen atoms in total. The van der Waals surface area contributed by atoms with Crippen molar-refractivity contribution in [2.24, 2.45) is 0 Å². The van der Waals surface area contributed by atoms with Gasteiger partial charge in [0.15, 0.2) is 0 Å². The van der Waals surface area contributed by atoms with Crippen molar-refractivity contribution in [1.29, 1.82) is 0 Å². The fourth-order valence-corrected chi connectivity index (χ4v) is 5.22. The van der Waals surface area contributed by atoms with Crippen LogP contribution in [0.3, 0.4) is 0 Å². The summed E-state index contributed by atoms with van der Waals surface area (Å²) < 4.78 is 33.6. The van der Waals surface area contributed by atoms with Gasteiger partial charge in [-0.3, -0.25) is 0 Å². The Morgan fingerprint density at radius 3 is 2.69 bits per heavy atom. The molecule has 1 aliphatic heterocycles. The summed E-state index contributed by atoms with van der Waals surface area (Å²) in [5.41, 5.74) is 4.10. The van der Waals surface area contributed by atoms with E-state index < -0.39 is 10.0 Å². The summed E-state index contributed by atoms with van der Waals surface area (Å²) in [6.07, 6.45) is 1.89. The van der Waals surface area contributed by atoms with Crippen LogP contribution in [-0.4, -0.2) is 39.2 Å². The van der Waals surface area contributed by atoms with Gasteiger partial charge in [0, 0.05) is 42.0 Å². The Kier molecular flexibility index (Phi) is 5.97. The molecule has 1 aromatic heterocycles. The van der Waals surface area contributed by atoms with E-state index in [1.165, 1.54) is 0 Å². The summed E-state index contributed by atoms with van der Waals surface area (Å²) in [4.78, 5) is 2.24. The van der Waals surface area contributed by atoms with Crippen LogP contribution in [-0.2, 0) is 35.8 Å². The Hall–Kier alpha value is -1.86. The van der Waals surface area contributed by atoms with E-state index in [1.807, 2.05) is 42.5 Å². The molecule has 29 heavy (non-hydrogen) atoms. The number of hydrogen-bond acceptors (Lipinski definition) is 4. The van der Waals surface area contributed by atoms with Crippen LogP contribution in [0.15, 0.2) is 46.9 Å². The van der Waals surface area contributed by atoms with Gasteiger partial charge in [-0.1, -0.05) is 41.9 Å². The normalized spacial score (nSPS) is 15.0. The van der Waals surface area contributed by atoms with Crippen molar-refractivity contribution in [2.45, 2.75) is 25.8 Å². The number of sulfonamides is 1. The third-order valence-electron chi connectivity index (χ3n) is 5.44. The summed E-state index contributed by atoms with van der Waals surface area (Å²) in [5, 5.41) is 1.87. The van der Waals surface area contributed by atoms with Crippen molar-refractivity contribution in [3.63, 3.8) is 0 Å². The predicted octanol–water partition coefficient (Wildman–Crippen LogP) is 3.78. The number of benzene rings is 2. The van der Waals surface area contributed by atoms with E-state index in [0.717, 1.165) is 58.0 Å². The van der Waals surface area contributed by atoms with Crippen molar-refractivity contribution in [1.82, 2.24) is 9.62 Å². The second kappa shape index (κ2) is 8.48. The van der Waals surface area contributed by atoms with Gasteiger partial charge < -0.3 is 9.32 Å². The molecule has 0 saturated heterocycles. The summed E-state index contributed by atoms with van der Waals surface area (Å²) in [6.45, 7) is 2.02. The van der Waals surface area contributed by atoms with Gasteiger partial charge in [-0.25, -0.2) is 13.1 Å². The third kappa shape index (κ3) is 4.67. The van der Waals surface area contributed by atoms with E-state index in [0.29, 0.717) is 19.4 Å². The van der Waals surface area contributed by atoms with Crippen LogP contribution in [0, 0.1) is 0 Å². The summed E-state index contributed by atoms with van der Waals surface area (Å²) in [7, 11) is -1.26. The van der Waals surface area contributed by atoms with E-state index in [1.54, 1.807) is 0 Å². The maximum Gasteiger partial charge on any atom is 0.211 e. The third-order valence-corrected chi connectivity index (χ3v) is 7.18. The van der Waals surface area contributed by atoms with Crippen LogP contribution in [0.1, 0.15) is 22.5 Å². The minimum atomic E-state index is -3.34. The molecule has 0 spiro atoms. The van der Waals surface area contributed by atoms with Gasteiger partial charge in [0.05, 0.1) is 5.75 Å². The number of nitrogens with one attached hydrogen (secondary N) is 1. The zero-order valence-corrected chi connectivity index (χ0v) is 18.0.